The van der Waals surface area contributed by atoms with E-state index in [0.717, 1.165) is 0 Å². The van der Waals surface area contributed by atoms with E-state index in [1.807, 2.05) is 0 Å². The maximum atomic E-state index is 5.12. The molecule has 0 aliphatic carbocycles. The molecule has 28 valence electrons. The topological polar surface area (TPSA) is 9.23 Å². The van der Waals surface area contributed by atoms with Crippen molar-refractivity contribution in [3.05, 3.63) is 0 Å². The van der Waals surface area contributed by atoms with Crippen LogP contribution in [-0.2, 0) is 4.12 Å². The van der Waals surface area contributed by atoms with E-state index in [-0.39, 0.29) is 17.5 Å². The van der Waals surface area contributed by atoms with E-state index in [1.54, 1.807) is 0 Å². The molecule has 0 aromatic rings. The van der Waals surface area contributed by atoms with Crippen molar-refractivity contribution in [2.75, 3.05) is 0 Å². The Bertz CT molecular complexity index is 53.9. The molecule has 1 aliphatic rings. The molecule has 0 aromatic carbocycles. The fourth-order valence-corrected chi connectivity index (χ4v) is 6.65. The molecule has 4 heteroatoms. The Kier molecular flexibility index (Phi) is 0.837. The average Bonchev–Trinajstić information content (AvgIpc) is 1.30. The SMILES string of the molecule is C=[Si]1O[SiH2][SiH2]1. The van der Waals surface area contributed by atoms with E-state index in [1.165, 1.54) is 0 Å². The van der Waals surface area contributed by atoms with Crippen molar-refractivity contribution in [3.8, 4) is 0 Å². The van der Waals surface area contributed by atoms with Crippen molar-refractivity contribution in [2.45, 2.75) is 0 Å². The minimum Gasteiger partial charge on any atom is -0.615 e. The van der Waals surface area contributed by atoms with Crippen LogP contribution in [0.4, 0.5) is 0 Å². The average molecular weight is 118 g/mol. The highest BCUT2D eigenvalue weighted by atomic mass is 29.6. The first-order valence-corrected chi connectivity index (χ1v) is 10.2. The summed E-state index contributed by atoms with van der Waals surface area (Å²) in [6.45, 7) is 0. The van der Waals surface area contributed by atoms with Crippen molar-refractivity contribution in [1.82, 2.24) is 0 Å². The minimum absolute atomic E-state index is 0.179. The zero-order valence-electron chi connectivity index (χ0n) is 3.03. The fraction of sp³-hybridized carbons (Fsp3) is 0. The number of hydrogen-bond donors (Lipinski definition) is 0. The fourth-order valence-electron chi connectivity index (χ4n) is 0.246. The van der Waals surface area contributed by atoms with E-state index < -0.39 is 0 Å². The molecule has 1 aliphatic heterocycles. The van der Waals surface area contributed by atoms with Crippen molar-refractivity contribution >= 4 is 32.2 Å². The normalized spacial score (nSPS) is 30.0. The van der Waals surface area contributed by atoms with Gasteiger partial charge in [-0.1, -0.05) is 6.17 Å². The molecule has 0 radical (unpaired) electrons. The third-order valence-electron chi connectivity index (χ3n) is 0.687. The number of hydrogen-bond acceptors (Lipinski definition) is 1. The van der Waals surface area contributed by atoms with Crippen LogP contribution in [0.5, 0.6) is 0 Å². The third kappa shape index (κ3) is 0.582. The van der Waals surface area contributed by atoms with E-state index in [2.05, 4.69) is 6.17 Å². The van der Waals surface area contributed by atoms with Crippen LogP contribution in [-0.4, -0.2) is 32.2 Å². The molecule has 0 aromatic heterocycles. The van der Waals surface area contributed by atoms with Gasteiger partial charge in [-0.2, -0.15) is 0 Å². The minimum atomic E-state index is -0.243. The summed E-state index contributed by atoms with van der Waals surface area (Å²) in [5, 5.41) is 0. The van der Waals surface area contributed by atoms with Crippen LogP contribution in [0.3, 0.4) is 0 Å². The van der Waals surface area contributed by atoms with E-state index in [9.17, 15) is 0 Å². The van der Waals surface area contributed by atoms with E-state index in [4.69, 9.17) is 4.12 Å². The van der Waals surface area contributed by atoms with Crippen molar-refractivity contribution in [1.29, 1.82) is 0 Å². The second-order valence-electron chi connectivity index (χ2n) is 1.14. The largest absolute Gasteiger partial charge is 0.615 e. The maximum absolute atomic E-state index is 5.12. The lowest BCUT2D eigenvalue weighted by Crippen LogP contribution is -2.38. The maximum Gasteiger partial charge on any atom is 0.182 e. The van der Waals surface area contributed by atoms with Crippen LogP contribution in [0.15, 0.2) is 0 Å². The summed E-state index contributed by atoms with van der Waals surface area (Å²) in [5.74, 6) is 0. The van der Waals surface area contributed by atoms with Crippen LogP contribution in [0, 0.1) is 0 Å². The summed E-state index contributed by atoms with van der Waals surface area (Å²) >= 11 is 0. The lowest BCUT2D eigenvalue weighted by Gasteiger charge is -2.14. The highest BCUT2D eigenvalue weighted by Crippen LogP contribution is 1.77. The molecule has 0 unspecified atom stereocenters. The first-order valence-electron chi connectivity index (χ1n) is 1.70. The second-order valence-corrected chi connectivity index (χ2v) is 13.9. The molecule has 1 fully saturated rings. The Morgan fingerprint density at radius 3 is 2.20 bits per heavy atom. The summed E-state index contributed by atoms with van der Waals surface area (Å²) in [6.07, 6.45) is 3.82. The molecule has 5 heavy (non-hydrogen) atoms. The van der Waals surface area contributed by atoms with Gasteiger partial charge in [0.25, 0.3) is 0 Å². The van der Waals surface area contributed by atoms with Gasteiger partial charge in [-0.05, 0) is 0 Å². The Morgan fingerprint density at radius 2 is 2.20 bits per heavy atom. The monoisotopic (exact) mass is 118 g/mol. The van der Waals surface area contributed by atoms with Gasteiger partial charge in [0.1, 0.15) is 8.55 Å². The third-order valence-corrected chi connectivity index (χ3v) is 16.7. The van der Waals surface area contributed by atoms with Crippen LogP contribution >= 0.6 is 0 Å². The van der Waals surface area contributed by atoms with Gasteiger partial charge in [0, 0.05) is 0 Å². The predicted octanol–water partition coefficient (Wildman–Crippen LogP) is -2.31. The quantitative estimate of drug-likeness (QED) is 0.325. The molecule has 0 N–H and O–H groups in total. The van der Waals surface area contributed by atoms with Gasteiger partial charge in [0.05, 0.1) is 0 Å². The predicted molar refractivity (Wildman–Crippen MR) is 31.0 cm³/mol. The lowest BCUT2D eigenvalue weighted by molar-refractivity contribution is 0.655. The summed E-state index contributed by atoms with van der Waals surface area (Å²) in [4.78, 5) is 0. The van der Waals surface area contributed by atoms with Crippen molar-refractivity contribution in [3.63, 3.8) is 0 Å². The molecule has 1 rings (SSSR count). The van der Waals surface area contributed by atoms with Crippen LogP contribution in [0.1, 0.15) is 0 Å². The Labute approximate surface area is 37.0 Å². The van der Waals surface area contributed by atoms with Gasteiger partial charge < -0.3 is 4.12 Å². The first kappa shape index (κ1) is 3.51. The van der Waals surface area contributed by atoms with Crippen LogP contribution in [0.25, 0.3) is 0 Å². The molecular weight excluding hydrogens is 112 g/mol. The zero-order chi connectivity index (χ0) is 3.70. The van der Waals surface area contributed by atoms with Gasteiger partial charge in [0.15, 0.2) is 17.5 Å². The van der Waals surface area contributed by atoms with Crippen molar-refractivity contribution < 1.29 is 4.12 Å². The van der Waals surface area contributed by atoms with Gasteiger partial charge in [0.2, 0.25) is 0 Å². The molecule has 0 spiro atoms. The van der Waals surface area contributed by atoms with E-state index >= 15 is 0 Å². The second kappa shape index (κ2) is 1.19. The molecule has 1 saturated heterocycles. The summed E-state index contributed by atoms with van der Waals surface area (Å²) in [6, 6.07) is 0. The Balaban J connectivity index is 2.32. The summed E-state index contributed by atoms with van der Waals surface area (Å²) in [5.41, 5.74) is 0. The molecule has 1 heterocycles. The van der Waals surface area contributed by atoms with Gasteiger partial charge in [-0.15, -0.1) is 0 Å². The molecule has 1 nitrogen and oxygen atoms in total. The molecule has 0 bridgehead atoms. The summed E-state index contributed by atoms with van der Waals surface area (Å²) < 4.78 is 5.12. The van der Waals surface area contributed by atoms with Crippen molar-refractivity contribution in [2.24, 2.45) is 0 Å². The molecular formula is CH6OSi3. The van der Waals surface area contributed by atoms with Gasteiger partial charge >= 0.3 is 0 Å². The highest BCUT2D eigenvalue weighted by Gasteiger charge is 2.07. The van der Waals surface area contributed by atoms with Crippen LogP contribution in [0.2, 0.25) is 0 Å². The molecule has 0 atom stereocenters. The molecule has 0 saturated carbocycles. The van der Waals surface area contributed by atoms with Crippen LogP contribution < -0.4 is 0 Å². The van der Waals surface area contributed by atoms with Gasteiger partial charge in [-0.25, -0.2) is 0 Å². The highest BCUT2D eigenvalue weighted by molar-refractivity contribution is 7.40. The zero-order valence-corrected chi connectivity index (χ0v) is 6.86. The smallest absolute Gasteiger partial charge is 0.182 e. The Hall–Kier alpha value is 0.321. The van der Waals surface area contributed by atoms with Gasteiger partial charge in [-0.3, -0.25) is 0 Å². The lowest BCUT2D eigenvalue weighted by atomic mass is 12.0. The first-order chi connectivity index (χ1) is 2.39. The Morgan fingerprint density at radius 1 is 1.80 bits per heavy atom. The molecule has 0 amide bonds. The standard InChI is InChI=1S/CH6OSi3/c1-5-2-3-4-5/h1,3-4H2. The van der Waals surface area contributed by atoms with E-state index in [0.29, 0.717) is 8.55 Å². The summed E-state index contributed by atoms with van der Waals surface area (Å²) in [7, 11) is 0.373. The number of rotatable bonds is 0.